The van der Waals surface area contributed by atoms with Crippen molar-refractivity contribution in [3.8, 4) is 5.75 Å². The Hall–Kier alpha value is -1.11. The van der Waals surface area contributed by atoms with Crippen LogP contribution >= 0.6 is 24.0 Å². The van der Waals surface area contributed by atoms with Crippen LogP contribution in [0.15, 0.2) is 12.1 Å². The molecule has 4 nitrogen and oxygen atoms in total. The standard InChI is InChI=1S/C11H12ClF2NO3.ClH/c1-2-18-11(17)8(14)9(15)6-3-5(13)4-7(12)10(6)16;/h3-4,8-9,16H,2,15H2,1H3;1H/t8?,9-;/m1./s1. The molecule has 0 amide bonds. The van der Waals surface area contributed by atoms with Crippen LogP contribution in [0.1, 0.15) is 18.5 Å². The predicted molar refractivity (Wildman–Crippen MR) is 68.8 cm³/mol. The van der Waals surface area contributed by atoms with Crippen LogP contribution in [-0.2, 0) is 9.53 Å². The van der Waals surface area contributed by atoms with Crippen molar-refractivity contribution >= 4 is 30.0 Å². The summed E-state index contributed by atoms with van der Waals surface area (Å²) in [6.07, 6.45) is -2.21. The van der Waals surface area contributed by atoms with Gasteiger partial charge in [0, 0.05) is 5.56 Å². The SMILES string of the molecule is CCOC(=O)C(F)[C@H](N)c1cc(F)cc(Cl)c1O.Cl. The van der Waals surface area contributed by atoms with Gasteiger partial charge in [0.1, 0.15) is 11.6 Å². The van der Waals surface area contributed by atoms with Crippen molar-refractivity contribution in [1.82, 2.24) is 0 Å². The first kappa shape index (κ1) is 17.9. The van der Waals surface area contributed by atoms with Crippen LogP contribution in [0.25, 0.3) is 0 Å². The third-order valence-electron chi connectivity index (χ3n) is 2.24. The molecular weight excluding hydrogens is 303 g/mol. The fourth-order valence-corrected chi connectivity index (χ4v) is 1.58. The largest absolute Gasteiger partial charge is 0.506 e. The van der Waals surface area contributed by atoms with Gasteiger partial charge in [0.05, 0.1) is 17.7 Å². The van der Waals surface area contributed by atoms with Crippen molar-refractivity contribution in [3.63, 3.8) is 0 Å². The second kappa shape index (κ2) is 7.47. The molecule has 0 saturated heterocycles. The second-order valence-electron chi connectivity index (χ2n) is 3.51. The Labute approximate surface area is 119 Å². The quantitative estimate of drug-likeness (QED) is 0.837. The maximum Gasteiger partial charge on any atom is 0.342 e. The summed E-state index contributed by atoms with van der Waals surface area (Å²) in [6, 6.07) is 0.111. The van der Waals surface area contributed by atoms with Crippen molar-refractivity contribution in [2.75, 3.05) is 6.61 Å². The number of carbonyl (C=O) groups is 1. The number of phenols is 1. The smallest absolute Gasteiger partial charge is 0.342 e. The van der Waals surface area contributed by atoms with Crippen LogP contribution in [0, 0.1) is 5.82 Å². The molecule has 0 aliphatic carbocycles. The minimum absolute atomic E-state index is 0. The van der Waals surface area contributed by atoms with E-state index in [1.54, 1.807) is 0 Å². The summed E-state index contributed by atoms with van der Waals surface area (Å²) < 4.78 is 31.2. The lowest BCUT2D eigenvalue weighted by atomic mass is 10.0. The molecule has 8 heteroatoms. The predicted octanol–water partition coefficient (Wildman–Crippen LogP) is 2.51. The highest BCUT2D eigenvalue weighted by Crippen LogP contribution is 2.33. The summed E-state index contributed by atoms with van der Waals surface area (Å²) in [5, 5.41) is 9.25. The van der Waals surface area contributed by atoms with Crippen LogP contribution < -0.4 is 5.73 Å². The average molecular weight is 316 g/mol. The zero-order valence-corrected chi connectivity index (χ0v) is 11.5. The van der Waals surface area contributed by atoms with E-state index in [4.69, 9.17) is 17.3 Å². The topological polar surface area (TPSA) is 72.5 Å². The van der Waals surface area contributed by atoms with E-state index in [0.717, 1.165) is 12.1 Å². The minimum atomic E-state index is -2.21. The first-order chi connectivity index (χ1) is 8.38. The van der Waals surface area contributed by atoms with Crippen molar-refractivity contribution in [2.45, 2.75) is 19.1 Å². The van der Waals surface area contributed by atoms with Gasteiger partial charge in [0.15, 0.2) is 0 Å². The van der Waals surface area contributed by atoms with Crippen molar-refractivity contribution < 1.29 is 23.4 Å². The summed E-state index contributed by atoms with van der Waals surface area (Å²) in [6.45, 7) is 1.49. The zero-order chi connectivity index (χ0) is 13.9. The van der Waals surface area contributed by atoms with E-state index in [0.29, 0.717) is 0 Å². The summed E-state index contributed by atoms with van der Waals surface area (Å²) in [4.78, 5) is 11.2. The Balaban J connectivity index is 0.00000324. The van der Waals surface area contributed by atoms with Gasteiger partial charge in [0.25, 0.3) is 0 Å². The Morgan fingerprint density at radius 3 is 2.68 bits per heavy atom. The number of alkyl halides is 1. The van der Waals surface area contributed by atoms with Gasteiger partial charge < -0.3 is 15.6 Å². The average Bonchev–Trinajstić information content (AvgIpc) is 2.32. The molecule has 0 heterocycles. The number of benzene rings is 1. The van der Waals surface area contributed by atoms with Gasteiger partial charge in [0.2, 0.25) is 6.17 Å². The Kier molecular flexibility index (Phi) is 7.04. The molecule has 0 aromatic heterocycles. The first-order valence-electron chi connectivity index (χ1n) is 5.12. The molecule has 2 atom stereocenters. The number of halogens is 4. The van der Waals surface area contributed by atoms with Crippen molar-refractivity contribution in [2.24, 2.45) is 5.73 Å². The van der Waals surface area contributed by atoms with E-state index in [1.807, 2.05) is 0 Å². The van der Waals surface area contributed by atoms with Gasteiger partial charge in [-0.25, -0.2) is 13.6 Å². The number of aromatic hydroxyl groups is 1. The number of ether oxygens (including phenoxy) is 1. The minimum Gasteiger partial charge on any atom is -0.506 e. The van der Waals surface area contributed by atoms with Gasteiger partial charge in [-0.05, 0) is 19.1 Å². The van der Waals surface area contributed by atoms with Crippen molar-refractivity contribution in [1.29, 1.82) is 0 Å². The first-order valence-corrected chi connectivity index (χ1v) is 5.50. The normalized spacial score (nSPS) is 13.3. The Morgan fingerprint density at radius 1 is 1.58 bits per heavy atom. The second-order valence-corrected chi connectivity index (χ2v) is 3.91. The number of hydrogen-bond donors (Lipinski definition) is 2. The van der Waals surface area contributed by atoms with Gasteiger partial charge in [-0.2, -0.15) is 0 Å². The third kappa shape index (κ3) is 4.19. The van der Waals surface area contributed by atoms with Crippen LogP contribution in [0.2, 0.25) is 5.02 Å². The lowest BCUT2D eigenvalue weighted by Crippen LogP contribution is -2.31. The molecule has 3 N–H and O–H groups in total. The molecule has 108 valence electrons. The lowest BCUT2D eigenvalue weighted by molar-refractivity contribution is -0.149. The number of nitrogens with two attached hydrogens (primary N) is 1. The lowest BCUT2D eigenvalue weighted by Gasteiger charge is -2.17. The van der Waals surface area contributed by atoms with Crippen LogP contribution in [0.4, 0.5) is 8.78 Å². The molecule has 0 aliphatic rings. The maximum absolute atomic E-state index is 13.6. The molecule has 1 rings (SSSR count). The van der Waals surface area contributed by atoms with Gasteiger partial charge in [-0.3, -0.25) is 0 Å². The highest BCUT2D eigenvalue weighted by molar-refractivity contribution is 6.32. The Morgan fingerprint density at radius 2 is 2.16 bits per heavy atom. The molecular formula is C11H13Cl2F2NO3. The fourth-order valence-electron chi connectivity index (χ4n) is 1.37. The third-order valence-corrected chi connectivity index (χ3v) is 2.53. The molecule has 0 spiro atoms. The Bertz CT molecular complexity index is 460. The van der Waals surface area contributed by atoms with E-state index < -0.39 is 29.7 Å². The molecule has 19 heavy (non-hydrogen) atoms. The summed E-state index contributed by atoms with van der Waals surface area (Å²) in [7, 11) is 0. The van der Waals surface area contributed by atoms with E-state index in [-0.39, 0.29) is 29.6 Å². The number of carbonyl (C=O) groups excluding carboxylic acids is 1. The monoisotopic (exact) mass is 315 g/mol. The van der Waals surface area contributed by atoms with Crippen LogP contribution in [0.3, 0.4) is 0 Å². The van der Waals surface area contributed by atoms with Gasteiger partial charge >= 0.3 is 5.97 Å². The van der Waals surface area contributed by atoms with Crippen molar-refractivity contribution in [3.05, 3.63) is 28.5 Å². The van der Waals surface area contributed by atoms with E-state index in [2.05, 4.69) is 4.74 Å². The summed E-state index contributed by atoms with van der Waals surface area (Å²) >= 11 is 5.52. The van der Waals surface area contributed by atoms with Crippen LogP contribution in [-0.4, -0.2) is 23.9 Å². The molecule has 1 unspecified atom stereocenters. The van der Waals surface area contributed by atoms with E-state index >= 15 is 0 Å². The van der Waals surface area contributed by atoms with E-state index in [1.165, 1.54) is 6.92 Å². The van der Waals surface area contributed by atoms with Crippen LogP contribution in [0.5, 0.6) is 5.75 Å². The fraction of sp³-hybridized carbons (Fsp3) is 0.364. The zero-order valence-electron chi connectivity index (χ0n) is 9.90. The van der Waals surface area contributed by atoms with Gasteiger partial charge in [-0.15, -0.1) is 12.4 Å². The summed E-state index contributed by atoms with van der Waals surface area (Å²) in [5.74, 6) is -2.53. The molecule has 0 saturated carbocycles. The number of esters is 1. The number of phenolic OH excluding ortho intramolecular Hbond substituents is 1. The molecule has 0 aliphatic heterocycles. The molecule has 1 aromatic rings. The highest BCUT2D eigenvalue weighted by Gasteiger charge is 2.30. The molecule has 1 aromatic carbocycles. The number of rotatable bonds is 4. The summed E-state index contributed by atoms with van der Waals surface area (Å²) in [5.41, 5.74) is 5.16. The van der Waals surface area contributed by atoms with Gasteiger partial charge in [-0.1, -0.05) is 11.6 Å². The molecule has 0 radical (unpaired) electrons. The highest BCUT2D eigenvalue weighted by atomic mass is 35.5. The number of hydrogen-bond acceptors (Lipinski definition) is 4. The molecule has 0 bridgehead atoms. The molecule has 0 fully saturated rings. The van der Waals surface area contributed by atoms with E-state index in [9.17, 15) is 18.7 Å². The maximum atomic E-state index is 13.6.